The Kier molecular flexibility index (Phi) is 5.01. The van der Waals surface area contributed by atoms with Crippen LogP contribution in [0, 0.1) is 0 Å². The first-order valence-electron chi connectivity index (χ1n) is 7.41. The lowest BCUT2D eigenvalue weighted by Crippen LogP contribution is -2.51. The minimum absolute atomic E-state index is 0.0725. The van der Waals surface area contributed by atoms with Crippen LogP contribution in [0.1, 0.15) is 19.4 Å². The highest BCUT2D eigenvalue weighted by atomic mass is 32.2. The van der Waals surface area contributed by atoms with Gasteiger partial charge in [-0.3, -0.25) is 0 Å². The zero-order chi connectivity index (χ0) is 16.2. The number of hydrogen-bond acceptors (Lipinski definition) is 3. The van der Waals surface area contributed by atoms with Crippen molar-refractivity contribution >= 4 is 21.8 Å². The Morgan fingerprint density at radius 3 is 2.77 bits per heavy atom. The first kappa shape index (κ1) is 16.7. The average Bonchev–Trinajstić information content (AvgIpc) is 2.55. The topological polar surface area (TPSA) is 60.2 Å². The van der Waals surface area contributed by atoms with Crippen molar-refractivity contribution in [3.8, 4) is 0 Å². The fraction of sp³-hybridized carbons (Fsp3) is 0.294. The fourth-order valence-electron chi connectivity index (χ4n) is 2.67. The van der Waals surface area contributed by atoms with Gasteiger partial charge in [0.25, 0.3) is 0 Å². The van der Waals surface area contributed by atoms with Crippen molar-refractivity contribution in [3.63, 3.8) is 0 Å². The Morgan fingerprint density at radius 1 is 1.36 bits per heavy atom. The third-order valence-electron chi connectivity index (χ3n) is 3.85. The van der Waals surface area contributed by atoms with Gasteiger partial charge in [0.05, 0.1) is 5.75 Å². The molecule has 1 aliphatic rings. The van der Waals surface area contributed by atoms with E-state index in [1.54, 1.807) is 13.1 Å². The number of nitrogens with zero attached hydrogens (tertiary/aromatic N) is 1. The smallest absolute Gasteiger partial charge is 0.306 e. The molecule has 1 atom stereocenters. The molecule has 118 valence electrons. The molecule has 2 rings (SSSR count). The van der Waals surface area contributed by atoms with Gasteiger partial charge in [-0.05, 0) is 25.5 Å². The van der Waals surface area contributed by atoms with Crippen LogP contribution in [0.5, 0.6) is 0 Å². The zero-order valence-electron chi connectivity index (χ0n) is 13.1. The monoisotopic (exact) mass is 319 g/mol. The van der Waals surface area contributed by atoms with Gasteiger partial charge < -0.3 is 5.73 Å². The van der Waals surface area contributed by atoms with Gasteiger partial charge in [-0.1, -0.05) is 30.4 Å². The third-order valence-corrected chi connectivity index (χ3v) is 6.03. The predicted molar refractivity (Wildman–Crippen MR) is 93.5 cm³/mol. The van der Waals surface area contributed by atoms with E-state index < -0.39 is 10.0 Å². The summed E-state index contributed by atoms with van der Waals surface area (Å²) in [5.74, 6) is 0.0725. The molecule has 0 radical (unpaired) electrons. The van der Waals surface area contributed by atoms with Crippen molar-refractivity contribution in [2.75, 3.05) is 18.8 Å². The van der Waals surface area contributed by atoms with Crippen LogP contribution in [0.15, 0.2) is 54.3 Å². The van der Waals surface area contributed by atoms with Gasteiger partial charge in [0, 0.05) is 24.3 Å². The van der Waals surface area contributed by atoms with Gasteiger partial charge in [-0.2, -0.15) is 12.3 Å². The molecular weight excluding hydrogens is 296 g/mol. The first-order valence-corrected chi connectivity index (χ1v) is 9.02. The van der Waals surface area contributed by atoms with Crippen LogP contribution in [0.4, 0.5) is 5.69 Å². The van der Waals surface area contributed by atoms with E-state index >= 15 is 0 Å². The van der Waals surface area contributed by atoms with Crippen molar-refractivity contribution in [1.82, 2.24) is 3.89 Å². The predicted octanol–water partition coefficient (Wildman–Crippen LogP) is 2.79. The van der Waals surface area contributed by atoms with E-state index in [0.717, 1.165) is 16.8 Å². The second-order valence-corrected chi connectivity index (χ2v) is 7.65. The molecule has 1 unspecified atom stereocenters. The molecule has 0 amide bonds. The van der Waals surface area contributed by atoms with Crippen LogP contribution in [-0.4, -0.2) is 27.3 Å². The molecule has 2 N–H and O–H groups in total. The standard InChI is InChI=1S/C17H23N2O2S/c1-3-7-15-8-5-10-17(12-15)19(22(20,21)4-2)11-6-9-16(13-18)14-19/h3,5-10,12,14H,4,11,13,18H2,1-2H3/q+1. The van der Waals surface area contributed by atoms with E-state index in [1.165, 1.54) is 0 Å². The minimum Gasteiger partial charge on any atom is -0.326 e. The Bertz CT molecular complexity index is 733. The summed E-state index contributed by atoms with van der Waals surface area (Å²) in [5.41, 5.74) is 8.29. The molecule has 0 saturated heterocycles. The summed E-state index contributed by atoms with van der Waals surface area (Å²) in [4.78, 5) is 0. The maximum absolute atomic E-state index is 12.8. The number of nitrogens with two attached hydrogens (primary N) is 1. The summed E-state index contributed by atoms with van der Waals surface area (Å²) in [6.45, 7) is 4.33. The Balaban J connectivity index is 2.68. The molecule has 0 spiro atoms. The van der Waals surface area contributed by atoms with Crippen LogP contribution in [0.2, 0.25) is 0 Å². The highest BCUT2D eigenvalue weighted by Gasteiger charge is 2.42. The van der Waals surface area contributed by atoms with Crippen LogP contribution < -0.4 is 9.62 Å². The van der Waals surface area contributed by atoms with Gasteiger partial charge >= 0.3 is 10.0 Å². The van der Waals surface area contributed by atoms with Gasteiger partial charge in [0.1, 0.15) is 12.7 Å². The molecule has 22 heavy (non-hydrogen) atoms. The van der Waals surface area contributed by atoms with Crippen molar-refractivity contribution in [3.05, 3.63) is 59.8 Å². The molecule has 0 saturated carbocycles. The highest BCUT2D eigenvalue weighted by molar-refractivity contribution is 7.91. The average molecular weight is 319 g/mol. The number of allylic oxidation sites excluding steroid dienone is 1. The maximum Gasteiger partial charge on any atom is 0.306 e. The number of quaternary nitrogens is 1. The molecule has 0 aliphatic carbocycles. The van der Waals surface area contributed by atoms with E-state index in [1.807, 2.05) is 55.5 Å². The second-order valence-electron chi connectivity index (χ2n) is 5.25. The summed E-state index contributed by atoms with van der Waals surface area (Å²) in [7, 11) is -3.38. The van der Waals surface area contributed by atoms with E-state index in [4.69, 9.17) is 5.73 Å². The molecule has 0 aromatic heterocycles. The normalized spacial score (nSPS) is 22.0. The Morgan fingerprint density at radius 2 is 2.14 bits per heavy atom. The summed E-state index contributed by atoms with van der Waals surface area (Å²) in [5, 5.41) is 0. The van der Waals surface area contributed by atoms with Crippen molar-refractivity contribution < 1.29 is 8.42 Å². The van der Waals surface area contributed by atoms with Crippen molar-refractivity contribution in [2.24, 2.45) is 5.73 Å². The van der Waals surface area contributed by atoms with Crippen LogP contribution in [0.25, 0.3) is 6.08 Å². The van der Waals surface area contributed by atoms with Gasteiger partial charge in [-0.15, -0.1) is 0 Å². The van der Waals surface area contributed by atoms with Crippen molar-refractivity contribution in [2.45, 2.75) is 13.8 Å². The van der Waals surface area contributed by atoms with Gasteiger partial charge in [0.2, 0.25) is 0 Å². The number of benzene rings is 1. The Labute approximate surface area is 132 Å². The summed E-state index contributed by atoms with van der Waals surface area (Å²) >= 11 is 0. The zero-order valence-corrected chi connectivity index (χ0v) is 13.9. The van der Waals surface area contributed by atoms with Gasteiger partial charge in [-0.25, -0.2) is 0 Å². The quantitative estimate of drug-likeness (QED) is 0.849. The van der Waals surface area contributed by atoms with Crippen LogP contribution in [0.3, 0.4) is 0 Å². The molecule has 0 fully saturated rings. The lowest BCUT2D eigenvalue weighted by molar-refractivity contribution is 0.511. The number of rotatable bonds is 5. The minimum atomic E-state index is -3.38. The fourth-order valence-corrected chi connectivity index (χ4v) is 4.17. The van der Waals surface area contributed by atoms with Crippen molar-refractivity contribution in [1.29, 1.82) is 0 Å². The van der Waals surface area contributed by atoms with Gasteiger partial charge in [0.15, 0.2) is 5.69 Å². The Hall–Kier alpha value is -1.69. The van der Waals surface area contributed by atoms with E-state index in [0.29, 0.717) is 13.1 Å². The van der Waals surface area contributed by atoms with E-state index in [-0.39, 0.29) is 9.64 Å². The number of sulfonamides is 1. The van der Waals surface area contributed by atoms with Crippen LogP contribution >= 0.6 is 0 Å². The molecule has 1 aromatic carbocycles. The summed E-state index contributed by atoms with van der Waals surface area (Å²) in [6.07, 6.45) is 9.46. The lowest BCUT2D eigenvalue weighted by Gasteiger charge is -2.34. The molecule has 1 aliphatic heterocycles. The molecule has 4 nitrogen and oxygen atoms in total. The SMILES string of the molecule is CC=Cc1cccc([N+]2(S(=O)(=O)CC)C=C(CN)C=CC2)c1. The van der Waals surface area contributed by atoms with E-state index in [2.05, 4.69) is 0 Å². The molecule has 1 aromatic rings. The third kappa shape index (κ3) is 2.92. The maximum atomic E-state index is 12.8. The first-order chi connectivity index (χ1) is 10.5. The highest BCUT2D eigenvalue weighted by Crippen LogP contribution is 2.33. The van der Waals surface area contributed by atoms with Crippen LogP contribution in [-0.2, 0) is 10.0 Å². The number of hydrogen-bond donors (Lipinski definition) is 1. The molecule has 0 bridgehead atoms. The summed E-state index contributed by atoms with van der Waals surface area (Å²) in [6, 6.07) is 7.65. The molecule has 5 heteroatoms. The second kappa shape index (κ2) is 6.60. The summed E-state index contributed by atoms with van der Waals surface area (Å²) < 4.78 is 25.5. The largest absolute Gasteiger partial charge is 0.326 e. The van der Waals surface area contributed by atoms with E-state index in [9.17, 15) is 8.42 Å². The lowest BCUT2D eigenvalue weighted by atomic mass is 10.1. The molecule has 1 heterocycles. The molecular formula is C17H23N2O2S+.